The van der Waals surface area contributed by atoms with Gasteiger partial charge in [-0.1, -0.05) is 146 Å². The van der Waals surface area contributed by atoms with Gasteiger partial charge in [-0.2, -0.15) is 0 Å². The van der Waals surface area contributed by atoms with Crippen molar-refractivity contribution in [2.45, 2.75) is 13.0 Å². The molecule has 46 heavy (non-hydrogen) atoms. The van der Waals surface area contributed by atoms with Crippen LogP contribution in [0.3, 0.4) is 0 Å². The number of fused-ring (bicyclic) bond motifs is 1. The van der Waals surface area contributed by atoms with Crippen LogP contribution >= 0.6 is 0 Å². The van der Waals surface area contributed by atoms with Gasteiger partial charge >= 0.3 is 0 Å². The molecule has 2 nitrogen and oxygen atoms in total. The van der Waals surface area contributed by atoms with Gasteiger partial charge in [0.15, 0.2) is 0 Å². The molecule has 0 aliphatic rings. The lowest BCUT2D eigenvalue weighted by Gasteiger charge is -2.22. The number of nitrogen functional groups attached to an aromatic ring is 1. The zero-order valence-corrected chi connectivity index (χ0v) is 25.9. The van der Waals surface area contributed by atoms with Gasteiger partial charge in [-0.05, 0) is 92.5 Å². The topological polar surface area (TPSA) is 38.0 Å². The molecule has 0 saturated heterocycles. The van der Waals surface area contributed by atoms with Crippen molar-refractivity contribution in [1.29, 1.82) is 0 Å². The number of rotatable bonds is 8. The van der Waals surface area contributed by atoms with Crippen LogP contribution in [0.1, 0.15) is 29.7 Å². The second-order valence-electron chi connectivity index (χ2n) is 11.6. The molecule has 0 aromatic heterocycles. The number of nitrogens with two attached hydrogens (primary N) is 1. The smallest absolute Gasteiger partial charge is 0.0767 e. The molecule has 7 aromatic carbocycles. The van der Waals surface area contributed by atoms with E-state index in [0.29, 0.717) is 0 Å². The quantitative estimate of drug-likeness (QED) is 0.172. The second kappa shape index (κ2) is 13.0. The molecule has 0 bridgehead atoms. The maximum Gasteiger partial charge on any atom is 0.0767 e. The first-order valence-corrected chi connectivity index (χ1v) is 15.8. The van der Waals surface area contributed by atoms with Crippen LogP contribution in [0.5, 0.6) is 0 Å². The fraction of sp³-hybridized carbons (Fsp3) is 0.0455. The molecule has 0 spiro atoms. The van der Waals surface area contributed by atoms with Crippen molar-refractivity contribution in [1.82, 2.24) is 0 Å². The first kappa shape index (κ1) is 28.9. The molecule has 0 aliphatic carbocycles. The van der Waals surface area contributed by atoms with Crippen LogP contribution < -0.4 is 11.1 Å². The Kier molecular flexibility index (Phi) is 8.17. The molecule has 0 fully saturated rings. The van der Waals surface area contributed by atoms with E-state index in [2.05, 4.69) is 157 Å². The summed E-state index contributed by atoms with van der Waals surface area (Å²) in [6.45, 7) is 2.02. The van der Waals surface area contributed by atoms with E-state index in [4.69, 9.17) is 5.73 Å². The molecule has 7 aromatic rings. The van der Waals surface area contributed by atoms with E-state index in [1.807, 2.05) is 31.2 Å². The largest absolute Gasteiger partial charge is 0.398 e. The highest BCUT2D eigenvalue weighted by Gasteiger charge is 2.16. The Morgan fingerprint density at radius 3 is 1.59 bits per heavy atom. The highest BCUT2D eigenvalue weighted by atomic mass is 14.9. The van der Waals surface area contributed by atoms with Gasteiger partial charge in [0, 0.05) is 16.9 Å². The van der Waals surface area contributed by atoms with Crippen LogP contribution in [0.2, 0.25) is 0 Å². The molecule has 7 rings (SSSR count). The van der Waals surface area contributed by atoms with Crippen molar-refractivity contribution < 1.29 is 0 Å². The molecule has 1 atom stereocenters. The predicted molar refractivity (Wildman–Crippen MR) is 198 cm³/mol. The van der Waals surface area contributed by atoms with E-state index < -0.39 is 0 Å². The summed E-state index contributed by atoms with van der Waals surface area (Å²) >= 11 is 0. The Hall–Kier alpha value is -5.86. The lowest BCUT2D eigenvalue weighted by Crippen LogP contribution is -2.12. The number of allylic oxidation sites excluding steroid dienone is 1. The van der Waals surface area contributed by atoms with Crippen molar-refractivity contribution in [2.75, 3.05) is 11.1 Å². The Bertz CT molecular complexity index is 2110. The number of hydrogen-bond donors (Lipinski definition) is 2. The SMILES string of the molecule is C/C=C\c1c(N)cccc1-c1ccc(-c2cc3ccccc3cc2-c2ccc(C(Nc3ccccc3)c3ccccc3)cc2)cc1. The Labute approximate surface area is 271 Å². The van der Waals surface area contributed by atoms with E-state index in [-0.39, 0.29) is 6.04 Å². The average molecular weight is 593 g/mol. The summed E-state index contributed by atoms with van der Waals surface area (Å²) < 4.78 is 0. The normalized spacial score (nSPS) is 11.9. The number of benzene rings is 7. The van der Waals surface area contributed by atoms with Crippen LogP contribution in [0.15, 0.2) is 170 Å². The van der Waals surface area contributed by atoms with Crippen LogP contribution in [0.25, 0.3) is 50.2 Å². The highest BCUT2D eigenvalue weighted by Crippen LogP contribution is 2.38. The lowest BCUT2D eigenvalue weighted by molar-refractivity contribution is 0.940. The third-order valence-electron chi connectivity index (χ3n) is 8.64. The van der Waals surface area contributed by atoms with E-state index in [9.17, 15) is 0 Å². The molecule has 0 radical (unpaired) electrons. The molecule has 0 saturated carbocycles. The monoisotopic (exact) mass is 592 g/mol. The lowest BCUT2D eigenvalue weighted by atomic mass is 9.89. The Balaban J connectivity index is 1.28. The number of anilines is 2. The maximum absolute atomic E-state index is 6.35. The van der Waals surface area contributed by atoms with Gasteiger partial charge in [0.25, 0.3) is 0 Å². The number of nitrogens with one attached hydrogen (secondary N) is 1. The minimum absolute atomic E-state index is 0.0285. The summed E-state index contributed by atoms with van der Waals surface area (Å²) in [5.74, 6) is 0. The Morgan fingerprint density at radius 2 is 1.00 bits per heavy atom. The van der Waals surface area contributed by atoms with Gasteiger partial charge in [-0.15, -0.1) is 0 Å². The third-order valence-corrected chi connectivity index (χ3v) is 8.64. The summed E-state index contributed by atoms with van der Waals surface area (Å²) in [5, 5.41) is 6.21. The summed E-state index contributed by atoms with van der Waals surface area (Å²) in [7, 11) is 0. The summed E-state index contributed by atoms with van der Waals surface area (Å²) in [5.41, 5.74) is 18.8. The molecular weight excluding hydrogens is 556 g/mol. The van der Waals surface area contributed by atoms with Crippen LogP contribution in [0, 0.1) is 0 Å². The highest BCUT2D eigenvalue weighted by molar-refractivity contribution is 5.97. The molecule has 2 heteroatoms. The van der Waals surface area contributed by atoms with E-state index >= 15 is 0 Å². The summed E-state index contributed by atoms with van der Waals surface area (Å²) in [6.07, 6.45) is 4.12. The Morgan fingerprint density at radius 1 is 0.500 bits per heavy atom. The van der Waals surface area contributed by atoms with Crippen molar-refractivity contribution in [3.8, 4) is 33.4 Å². The van der Waals surface area contributed by atoms with Crippen molar-refractivity contribution in [2.24, 2.45) is 0 Å². The zero-order valence-electron chi connectivity index (χ0n) is 25.9. The molecular formula is C44H36N2. The van der Waals surface area contributed by atoms with Crippen molar-refractivity contribution >= 4 is 28.2 Å². The van der Waals surface area contributed by atoms with Gasteiger partial charge in [-0.3, -0.25) is 0 Å². The molecule has 1 unspecified atom stereocenters. The van der Waals surface area contributed by atoms with Gasteiger partial charge < -0.3 is 11.1 Å². The molecule has 0 heterocycles. The predicted octanol–water partition coefficient (Wildman–Crippen LogP) is 11.7. The number of para-hydroxylation sites is 1. The van der Waals surface area contributed by atoms with E-state index in [1.165, 1.54) is 44.2 Å². The second-order valence-corrected chi connectivity index (χ2v) is 11.6. The summed E-state index contributed by atoms with van der Waals surface area (Å²) in [6, 6.07) is 58.4. The summed E-state index contributed by atoms with van der Waals surface area (Å²) in [4.78, 5) is 0. The van der Waals surface area contributed by atoms with Crippen molar-refractivity contribution in [3.05, 3.63) is 187 Å². The zero-order chi connectivity index (χ0) is 31.3. The first-order valence-electron chi connectivity index (χ1n) is 15.8. The molecule has 0 aliphatic heterocycles. The fourth-order valence-electron chi connectivity index (χ4n) is 6.30. The number of hydrogen-bond acceptors (Lipinski definition) is 2. The fourth-order valence-corrected chi connectivity index (χ4v) is 6.30. The minimum Gasteiger partial charge on any atom is -0.398 e. The standard InChI is InChI=1S/C44H36N2/c1-2-12-40-39(19-11-20-43(40)45)31-21-23-32(24-22-31)41-29-36-15-9-10-16-37(36)30-42(41)33-25-27-35(28-26-33)44(34-13-5-3-6-14-34)46-38-17-7-4-8-18-38/h2-30,44,46H,45H2,1H3/b12-2-. The average Bonchev–Trinajstić information content (AvgIpc) is 3.12. The van der Waals surface area contributed by atoms with E-state index in [1.54, 1.807) is 0 Å². The minimum atomic E-state index is 0.0285. The van der Waals surface area contributed by atoms with E-state index in [0.717, 1.165) is 28.1 Å². The van der Waals surface area contributed by atoms with Crippen molar-refractivity contribution in [3.63, 3.8) is 0 Å². The maximum atomic E-state index is 6.35. The molecule has 222 valence electrons. The molecule has 0 amide bonds. The molecule has 3 N–H and O–H groups in total. The van der Waals surface area contributed by atoms with Gasteiger partial charge in [0.1, 0.15) is 0 Å². The van der Waals surface area contributed by atoms with Gasteiger partial charge in [-0.25, -0.2) is 0 Å². The van der Waals surface area contributed by atoms with Crippen LogP contribution in [0.4, 0.5) is 11.4 Å². The third kappa shape index (κ3) is 5.94. The van der Waals surface area contributed by atoms with Gasteiger partial charge in [0.05, 0.1) is 6.04 Å². The first-order chi connectivity index (χ1) is 22.7. The van der Waals surface area contributed by atoms with Gasteiger partial charge in [0.2, 0.25) is 0 Å². The van der Waals surface area contributed by atoms with Crippen LogP contribution in [-0.4, -0.2) is 0 Å². The van der Waals surface area contributed by atoms with Crippen LogP contribution in [-0.2, 0) is 0 Å².